The predicted molar refractivity (Wildman–Crippen MR) is 89.6 cm³/mol. The van der Waals surface area contributed by atoms with E-state index in [4.69, 9.17) is 0 Å². The van der Waals surface area contributed by atoms with E-state index in [-0.39, 0.29) is 0 Å². The molecule has 0 saturated carbocycles. The minimum atomic E-state index is -0.422. The maximum atomic E-state index is 12.3. The molecule has 1 atom stereocenters. The lowest BCUT2D eigenvalue weighted by Crippen LogP contribution is -3.09. The topological polar surface area (TPSA) is 41.8 Å². The van der Waals surface area contributed by atoms with Crippen LogP contribution in [0, 0.1) is 13.8 Å². The van der Waals surface area contributed by atoms with Crippen LogP contribution in [-0.2, 0) is 11.3 Å². The Bertz CT molecular complexity index is 783. The van der Waals surface area contributed by atoms with E-state index in [0.29, 0.717) is 12.2 Å². The number of hydrogen-bond acceptors (Lipinski definition) is 2. The second kappa shape index (κ2) is 5.97. The Kier molecular flexibility index (Phi) is 4.01. The molecule has 0 spiro atoms. The second-order valence-corrected chi connectivity index (χ2v) is 6.30. The zero-order valence-electron chi connectivity index (χ0n) is 13.7. The van der Waals surface area contributed by atoms with Crippen LogP contribution in [0.2, 0.25) is 0 Å². The van der Waals surface area contributed by atoms with Gasteiger partial charge >= 0.3 is 5.91 Å². The second-order valence-electron chi connectivity index (χ2n) is 6.30. The largest absolute Gasteiger partial charge is 0.316 e. The van der Waals surface area contributed by atoms with Crippen LogP contribution < -0.4 is 9.80 Å². The van der Waals surface area contributed by atoms with Gasteiger partial charge in [-0.2, -0.15) is 0 Å². The van der Waals surface area contributed by atoms with Crippen molar-refractivity contribution >= 4 is 17.4 Å². The molecule has 1 aliphatic heterocycles. The lowest BCUT2D eigenvalue weighted by atomic mass is 10.1. The Morgan fingerprint density at radius 1 is 1.04 bits per heavy atom. The molecule has 0 bridgehead atoms. The van der Waals surface area contributed by atoms with Crippen LogP contribution in [-0.4, -0.2) is 25.4 Å². The standard InChI is InChI=1S/C19H20N2O2/c1-13-8-9-17-16(10-13)18(22)19(23)21(17)12-20(3)11-15-7-5-4-6-14(15)2/h4-10H,11-12H2,1-3H3/p+1. The number of benzene rings is 2. The number of amides is 1. The van der Waals surface area contributed by atoms with E-state index in [2.05, 4.69) is 19.1 Å². The van der Waals surface area contributed by atoms with Gasteiger partial charge < -0.3 is 4.90 Å². The van der Waals surface area contributed by atoms with Gasteiger partial charge in [0.05, 0.1) is 18.3 Å². The summed E-state index contributed by atoms with van der Waals surface area (Å²) in [6.07, 6.45) is 0. The number of nitrogens with one attached hydrogen (secondary N) is 1. The fourth-order valence-electron chi connectivity index (χ4n) is 3.03. The molecule has 23 heavy (non-hydrogen) atoms. The summed E-state index contributed by atoms with van der Waals surface area (Å²) in [5.74, 6) is -0.817. The summed E-state index contributed by atoms with van der Waals surface area (Å²) in [6.45, 7) is 5.31. The Hall–Kier alpha value is -2.46. The summed E-state index contributed by atoms with van der Waals surface area (Å²) in [4.78, 5) is 27.2. The molecule has 3 rings (SSSR count). The third-order valence-corrected chi connectivity index (χ3v) is 4.31. The monoisotopic (exact) mass is 309 g/mol. The summed E-state index contributed by atoms with van der Waals surface area (Å²) in [6, 6.07) is 13.8. The van der Waals surface area contributed by atoms with Gasteiger partial charge in [0.2, 0.25) is 0 Å². The van der Waals surface area contributed by atoms with Gasteiger partial charge in [-0.05, 0) is 31.5 Å². The van der Waals surface area contributed by atoms with Gasteiger partial charge in [0.25, 0.3) is 5.78 Å². The van der Waals surface area contributed by atoms with Gasteiger partial charge in [0, 0.05) is 5.56 Å². The third kappa shape index (κ3) is 2.90. The van der Waals surface area contributed by atoms with E-state index in [9.17, 15) is 9.59 Å². The number of aryl methyl sites for hydroxylation is 2. The van der Waals surface area contributed by atoms with Crippen molar-refractivity contribution in [3.63, 3.8) is 0 Å². The van der Waals surface area contributed by atoms with Crippen LogP contribution in [0.3, 0.4) is 0 Å². The lowest BCUT2D eigenvalue weighted by molar-refractivity contribution is -0.892. The average Bonchev–Trinajstić information content (AvgIpc) is 2.74. The smallest absolute Gasteiger partial charge is 0.303 e. The molecule has 4 heteroatoms. The normalized spacial score (nSPS) is 15.0. The van der Waals surface area contributed by atoms with Crippen molar-refractivity contribution in [2.75, 3.05) is 18.6 Å². The molecule has 1 unspecified atom stereocenters. The molecule has 1 amide bonds. The molecular weight excluding hydrogens is 288 g/mol. The lowest BCUT2D eigenvalue weighted by Gasteiger charge is -2.22. The van der Waals surface area contributed by atoms with Gasteiger partial charge in [-0.25, -0.2) is 0 Å². The number of ketones is 1. The summed E-state index contributed by atoms with van der Waals surface area (Å²) in [5.41, 5.74) is 4.75. The van der Waals surface area contributed by atoms with E-state index in [1.165, 1.54) is 11.1 Å². The number of nitrogens with zero attached hydrogens (tertiary/aromatic N) is 1. The van der Waals surface area contributed by atoms with Crippen LogP contribution in [0.1, 0.15) is 27.0 Å². The maximum absolute atomic E-state index is 12.3. The Morgan fingerprint density at radius 2 is 1.78 bits per heavy atom. The summed E-state index contributed by atoms with van der Waals surface area (Å²) in [7, 11) is 2.04. The Morgan fingerprint density at radius 3 is 2.52 bits per heavy atom. The summed E-state index contributed by atoms with van der Waals surface area (Å²) >= 11 is 0. The van der Waals surface area contributed by atoms with Gasteiger partial charge in [0.15, 0.2) is 6.67 Å². The van der Waals surface area contributed by atoms with Crippen molar-refractivity contribution in [1.29, 1.82) is 0 Å². The number of Topliss-reactive ketones (excluding diaryl/α,β-unsaturated/α-hetero) is 1. The Labute approximate surface area is 136 Å². The van der Waals surface area contributed by atoms with Crippen LogP contribution >= 0.6 is 0 Å². The van der Waals surface area contributed by atoms with E-state index in [1.807, 2.05) is 38.2 Å². The zero-order valence-corrected chi connectivity index (χ0v) is 13.7. The highest BCUT2D eigenvalue weighted by atomic mass is 16.2. The number of fused-ring (bicyclic) bond motifs is 1. The fraction of sp³-hybridized carbons (Fsp3) is 0.263. The molecule has 1 N–H and O–H groups in total. The first-order valence-corrected chi connectivity index (χ1v) is 7.80. The molecule has 0 radical (unpaired) electrons. The number of carbonyl (C=O) groups is 2. The minimum absolute atomic E-state index is 0.396. The SMILES string of the molecule is Cc1ccc2c(c1)C(=O)C(=O)N2C[NH+](C)Cc1ccccc1C. The first kappa shape index (κ1) is 15.4. The highest BCUT2D eigenvalue weighted by molar-refractivity contribution is 6.52. The van der Waals surface area contributed by atoms with Crippen molar-refractivity contribution in [3.05, 3.63) is 64.7 Å². The van der Waals surface area contributed by atoms with Crippen molar-refractivity contribution in [1.82, 2.24) is 0 Å². The Balaban J connectivity index is 1.79. The van der Waals surface area contributed by atoms with Crippen molar-refractivity contribution < 1.29 is 14.5 Å². The molecule has 1 heterocycles. The van der Waals surface area contributed by atoms with Crippen LogP contribution in [0.5, 0.6) is 0 Å². The van der Waals surface area contributed by atoms with Crippen LogP contribution in [0.25, 0.3) is 0 Å². The van der Waals surface area contributed by atoms with Crippen molar-refractivity contribution in [3.8, 4) is 0 Å². The van der Waals surface area contributed by atoms with Crippen LogP contribution in [0.15, 0.2) is 42.5 Å². The number of rotatable bonds is 4. The highest BCUT2D eigenvalue weighted by Crippen LogP contribution is 2.28. The number of carbonyl (C=O) groups excluding carboxylic acids is 2. The average molecular weight is 309 g/mol. The molecule has 0 saturated heterocycles. The van der Waals surface area contributed by atoms with Gasteiger partial charge in [-0.3, -0.25) is 14.5 Å². The van der Waals surface area contributed by atoms with Gasteiger partial charge in [-0.1, -0.05) is 35.9 Å². The molecule has 118 valence electrons. The first-order valence-electron chi connectivity index (χ1n) is 7.80. The van der Waals surface area contributed by atoms with E-state index >= 15 is 0 Å². The van der Waals surface area contributed by atoms with E-state index in [1.54, 1.807) is 11.0 Å². The summed E-state index contributed by atoms with van der Waals surface area (Å²) in [5, 5.41) is 0. The predicted octanol–water partition coefficient (Wildman–Crippen LogP) is 1.51. The fourth-order valence-corrected chi connectivity index (χ4v) is 3.03. The number of hydrogen-bond donors (Lipinski definition) is 1. The number of anilines is 1. The molecule has 0 fully saturated rings. The van der Waals surface area contributed by atoms with Gasteiger partial charge in [-0.15, -0.1) is 0 Å². The van der Waals surface area contributed by atoms with Crippen LogP contribution in [0.4, 0.5) is 5.69 Å². The molecule has 0 aliphatic carbocycles. The highest BCUT2D eigenvalue weighted by Gasteiger charge is 2.37. The zero-order chi connectivity index (χ0) is 16.6. The molecular formula is C19H21N2O2+. The summed E-state index contributed by atoms with van der Waals surface area (Å²) < 4.78 is 0. The third-order valence-electron chi connectivity index (χ3n) is 4.31. The van der Waals surface area contributed by atoms with Gasteiger partial charge in [0.1, 0.15) is 6.54 Å². The van der Waals surface area contributed by atoms with Crippen molar-refractivity contribution in [2.24, 2.45) is 0 Å². The van der Waals surface area contributed by atoms with E-state index in [0.717, 1.165) is 22.7 Å². The first-order chi connectivity index (χ1) is 11.0. The minimum Gasteiger partial charge on any atom is -0.316 e. The van der Waals surface area contributed by atoms with Crippen molar-refractivity contribution in [2.45, 2.75) is 20.4 Å². The molecule has 2 aromatic rings. The maximum Gasteiger partial charge on any atom is 0.303 e. The molecule has 2 aromatic carbocycles. The van der Waals surface area contributed by atoms with E-state index < -0.39 is 11.7 Å². The molecule has 0 aromatic heterocycles. The quantitative estimate of drug-likeness (QED) is 0.870. The molecule has 1 aliphatic rings. The number of quaternary nitrogens is 1. The molecule has 4 nitrogen and oxygen atoms in total.